The molecule has 3 amide bonds. The number of aryl methyl sites for hydroxylation is 1. The molecular formula is C33H35N3O6. The highest BCUT2D eigenvalue weighted by Crippen LogP contribution is 2.39. The van der Waals surface area contributed by atoms with Crippen LogP contribution < -0.4 is 19.7 Å². The predicted molar refractivity (Wildman–Crippen MR) is 159 cm³/mol. The van der Waals surface area contributed by atoms with Crippen molar-refractivity contribution >= 4 is 34.9 Å². The van der Waals surface area contributed by atoms with E-state index in [0.29, 0.717) is 35.7 Å². The Kier molecular flexibility index (Phi) is 8.29. The first-order chi connectivity index (χ1) is 20.3. The van der Waals surface area contributed by atoms with E-state index in [0.717, 1.165) is 30.4 Å². The highest BCUT2D eigenvalue weighted by molar-refractivity contribution is 6.52. The molecule has 0 unspecified atom stereocenters. The molecule has 1 saturated carbocycles. The molecule has 1 fully saturated rings. The molecule has 0 spiro atoms. The molecule has 0 saturated heterocycles. The summed E-state index contributed by atoms with van der Waals surface area (Å²) in [5.41, 5.74) is 1.84. The number of carbonyl (C=O) groups is 4. The van der Waals surface area contributed by atoms with E-state index in [-0.39, 0.29) is 24.6 Å². The second kappa shape index (κ2) is 12.1. The van der Waals surface area contributed by atoms with E-state index in [9.17, 15) is 19.2 Å². The third kappa shape index (κ3) is 5.34. The standard InChI is InChI=1S/C33H35N3O6/c1-22-11-5-6-12-23(22)20-36(29(37)21-35-27-14-8-7-13-25(27)30(38)31(35)39)33(17-9-4-10-18-33)32(40)34-26-16-15-24(41-2)19-28(26)42-3/h5-8,11-16,19H,4,9-10,17-18,20-21H2,1-3H3,(H,34,40). The van der Waals surface area contributed by atoms with Gasteiger partial charge in [-0.3, -0.25) is 24.1 Å². The van der Waals surface area contributed by atoms with E-state index < -0.39 is 23.1 Å². The van der Waals surface area contributed by atoms with Gasteiger partial charge >= 0.3 is 0 Å². The van der Waals surface area contributed by atoms with Gasteiger partial charge in [0.1, 0.15) is 23.6 Å². The van der Waals surface area contributed by atoms with Crippen LogP contribution in [0.5, 0.6) is 11.5 Å². The van der Waals surface area contributed by atoms with Crippen molar-refractivity contribution < 1.29 is 28.7 Å². The van der Waals surface area contributed by atoms with Crippen molar-refractivity contribution in [1.82, 2.24) is 4.90 Å². The number of ketones is 1. The van der Waals surface area contributed by atoms with E-state index in [1.54, 1.807) is 54.5 Å². The highest BCUT2D eigenvalue weighted by atomic mass is 16.5. The maximum absolute atomic E-state index is 14.4. The Morgan fingerprint density at radius 1 is 0.929 bits per heavy atom. The first-order valence-corrected chi connectivity index (χ1v) is 14.1. The molecule has 9 heteroatoms. The van der Waals surface area contributed by atoms with Crippen LogP contribution in [0.25, 0.3) is 0 Å². The largest absolute Gasteiger partial charge is 0.497 e. The molecule has 1 aliphatic carbocycles. The second-order valence-corrected chi connectivity index (χ2v) is 10.8. The maximum atomic E-state index is 14.4. The number of nitrogens with zero attached hydrogens (tertiary/aromatic N) is 2. The third-order valence-electron chi connectivity index (χ3n) is 8.34. The molecule has 218 valence electrons. The number of para-hydroxylation sites is 1. The van der Waals surface area contributed by atoms with Gasteiger partial charge in [-0.1, -0.05) is 55.7 Å². The Labute approximate surface area is 245 Å². The van der Waals surface area contributed by atoms with Gasteiger partial charge in [-0.05, 0) is 55.2 Å². The fourth-order valence-electron chi connectivity index (χ4n) is 5.96. The van der Waals surface area contributed by atoms with Gasteiger partial charge < -0.3 is 19.7 Å². The van der Waals surface area contributed by atoms with Gasteiger partial charge in [-0.25, -0.2) is 0 Å². The molecule has 0 atom stereocenters. The summed E-state index contributed by atoms with van der Waals surface area (Å²) in [6.45, 7) is 1.79. The Hall–Kier alpha value is -4.66. The van der Waals surface area contributed by atoms with Crippen LogP contribution in [0.3, 0.4) is 0 Å². The average Bonchev–Trinajstić information content (AvgIpc) is 3.25. The number of rotatable bonds is 9. The summed E-state index contributed by atoms with van der Waals surface area (Å²) in [4.78, 5) is 57.2. The van der Waals surface area contributed by atoms with E-state index in [4.69, 9.17) is 9.47 Å². The minimum absolute atomic E-state index is 0.177. The quantitative estimate of drug-likeness (QED) is 0.367. The van der Waals surface area contributed by atoms with E-state index >= 15 is 0 Å². The van der Waals surface area contributed by atoms with E-state index in [2.05, 4.69) is 5.32 Å². The Morgan fingerprint density at radius 3 is 2.36 bits per heavy atom. The number of anilines is 2. The highest BCUT2D eigenvalue weighted by Gasteiger charge is 2.48. The van der Waals surface area contributed by atoms with Gasteiger partial charge in [0.25, 0.3) is 11.7 Å². The lowest BCUT2D eigenvalue weighted by Crippen LogP contribution is -2.61. The van der Waals surface area contributed by atoms with Crippen molar-refractivity contribution in [2.24, 2.45) is 0 Å². The summed E-state index contributed by atoms with van der Waals surface area (Å²) in [5.74, 6) is -1.10. The summed E-state index contributed by atoms with van der Waals surface area (Å²) >= 11 is 0. The van der Waals surface area contributed by atoms with Crippen LogP contribution in [-0.4, -0.2) is 54.7 Å². The normalized spacial score (nSPS) is 15.6. The lowest BCUT2D eigenvalue weighted by molar-refractivity contribution is -0.148. The van der Waals surface area contributed by atoms with Crippen LogP contribution in [-0.2, 0) is 20.9 Å². The van der Waals surface area contributed by atoms with E-state index in [1.165, 1.54) is 12.0 Å². The summed E-state index contributed by atoms with van der Waals surface area (Å²) < 4.78 is 10.8. The second-order valence-electron chi connectivity index (χ2n) is 10.8. The number of hydrogen-bond donors (Lipinski definition) is 1. The number of hydrogen-bond acceptors (Lipinski definition) is 6. The molecule has 1 N–H and O–H groups in total. The summed E-state index contributed by atoms with van der Waals surface area (Å²) in [5, 5.41) is 3.04. The third-order valence-corrected chi connectivity index (χ3v) is 8.34. The first kappa shape index (κ1) is 28.9. The van der Waals surface area contributed by atoms with Gasteiger partial charge in [0.05, 0.1) is 31.2 Å². The number of carbonyl (C=O) groups excluding carboxylic acids is 4. The number of Topliss-reactive ketones (excluding diaryl/α,β-unsaturated/α-hetero) is 1. The summed E-state index contributed by atoms with van der Waals surface area (Å²) in [6, 6.07) is 19.5. The monoisotopic (exact) mass is 569 g/mol. The molecule has 2 aliphatic rings. The molecule has 1 aliphatic heterocycles. The van der Waals surface area contributed by atoms with Gasteiger partial charge in [-0.15, -0.1) is 0 Å². The Bertz CT molecular complexity index is 1530. The van der Waals surface area contributed by atoms with Crippen molar-refractivity contribution in [2.45, 2.75) is 51.1 Å². The first-order valence-electron chi connectivity index (χ1n) is 14.1. The molecule has 3 aromatic carbocycles. The van der Waals surface area contributed by atoms with Crippen molar-refractivity contribution in [1.29, 1.82) is 0 Å². The number of ether oxygens (including phenoxy) is 2. The van der Waals surface area contributed by atoms with Crippen LogP contribution >= 0.6 is 0 Å². The fraction of sp³-hybridized carbons (Fsp3) is 0.333. The van der Waals surface area contributed by atoms with Crippen molar-refractivity contribution in [3.8, 4) is 11.5 Å². The van der Waals surface area contributed by atoms with Crippen LogP contribution in [0.4, 0.5) is 11.4 Å². The minimum Gasteiger partial charge on any atom is -0.497 e. The van der Waals surface area contributed by atoms with Gasteiger partial charge in [0.15, 0.2) is 0 Å². The van der Waals surface area contributed by atoms with Crippen LogP contribution in [0, 0.1) is 6.92 Å². The molecule has 5 rings (SSSR count). The minimum atomic E-state index is -1.19. The van der Waals surface area contributed by atoms with Crippen molar-refractivity contribution in [2.75, 3.05) is 31.0 Å². The van der Waals surface area contributed by atoms with Crippen LogP contribution in [0.2, 0.25) is 0 Å². The number of benzene rings is 3. The maximum Gasteiger partial charge on any atom is 0.299 e. The van der Waals surface area contributed by atoms with Crippen LogP contribution in [0.1, 0.15) is 53.6 Å². The van der Waals surface area contributed by atoms with Gasteiger partial charge in [0.2, 0.25) is 11.8 Å². The Balaban J connectivity index is 1.54. The smallest absolute Gasteiger partial charge is 0.299 e. The molecular weight excluding hydrogens is 534 g/mol. The fourth-order valence-corrected chi connectivity index (χ4v) is 5.96. The number of amides is 3. The van der Waals surface area contributed by atoms with Crippen LogP contribution in [0.15, 0.2) is 66.7 Å². The van der Waals surface area contributed by atoms with Gasteiger partial charge in [-0.2, -0.15) is 0 Å². The molecule has 1 heterocycles. The lowest BCUT2D eigenvalue weighted by atomic mass is 9.78. The van der Waals surface area contributed by atoms with Gasteiger partial charge in [0, 0.05) is 12.6 Å². The molecule has 0 bridgehead atoms. The molecule has 0 radical (unpaired) electrons. The zero-order valence-electron chi connectivity index (χ0n) is 24.1. The topological polar surface area (TPSA) is 105 Å². The lowest BCUT2D eigenvalue weighted by Gasteiger charge is -2.45. The Morgan fingerprint density at radius 2 is 1.64 bits per heavy atom. The zero-order valence-corrected chi connectivity index (χ0v) is 24.1. The number of nitrogens with one attached hydrogen (secondary N) is 1. The SMILES string of the molecule is COc1ccc(NC(=O)C2(N(Cc3ccccc3C)C(=O)CN3C(=O)C(=O)c4ccccc43)CCCCC2)c(OC)c1. The summed E-state index contributed by atoms with van der Waals surface area (Å²) in [6.07, 6.45) is 3.37. The molecule has 9 nitrogen and oxygen atoms in total. The number of methoxy groups -OCH3 is 2. The van der Waals surface area contributed by atoms with E-state index in [1.807, 2.05) is 31.2 Å². The summed E-state index contributed by atoms with van der Waals surface area (Å²) in [7, 11) is 3.07. The average molecular weight is 570 g/mol. The molecule has 42 heavy (non-hydrogen) atoms. The molecule has 0 aromatic heterocycles. The van der Waals surface area contributed by atoms with Crippen molar-refractivity contribution in [3.05, 3.63) is 83.4 Å². The van der Waals surface area contributed by atoms with Crippen molar-refractivity contribution in [3.63, 3.8) is 0 Å². The zero-order chi connectivity index (χ0) is 29.9. The predicted octanol–water partition coefficient (Wildman–Crippen LogP) is 4.91. The number of fused-ring (bicyclic) bond motifs is 1. The molecule has 3 aromatic rings.